The summed E-state index contributed by atoms with van der Waals surface area (Å²) in [5.41, 5.74) is 0.518. The van der Waals surface area contributed by atoms with Crippen molar-refractivity contribution in [1.82, 2.24) is 10.2 Å². The van der Waals surface area contributed by atoms with Gasteiger partial charge in [0.1, 0.15) is 5.82 Å². The van der Waals surface area contributed by atoms with Crippen molar-refractivity contribution in [2.75, 3.05) is 13.1 Å². The number of rotatable bonds is 1. The lowest BCUT2D eigenvalue weighted by atomic mass is 10.1. The van der Waals surface area contributed by atoms with Crippen molar-refractivity contribution in [3.8, 4) is 0 Å². The molecular weight excluding hydrogens is 299 g/mol. The van der Waals surface area contributed by atoms with E-state index >= 15 is 0 Å². The fourth-order valence-corrected chi connectivity index (χ4v) is 2.68. The van der Waals surface area contributed by atoms with Crippen LogP contribution in [0.15, 0.2) is 22.7 Å². The van der Waals surface area contributed by atoms with Gasteiger partial charge in [0.2, 0.25) is 0 Å². The summed E-state index contributed by atoms with van der Waals surface area (Å²) in [5.74, 6) is -0.399. The van der Waals surface area contributed by atoms with Crippen LogP contribution in [0.3, 0.4) is 0 Å². The Labute approximate surface area is 114 Å². The van der Waals surface area contributed by atoms with Crippen LogP contribution in [-0.4, -0.2) is 36.0 Å². The molecule has 1 fully saturated rings. The first kappa shape index (κ1) is 13.5. The van der Waals surface area contributed by atoms with Crippen LogP contribution >= 0.6 is 15.9 Å². The highest BCUT2D eigenvalue weighted by Crippen LogP contribution is 2.19. The average molecular weight is 315 g/mol. The lowest BCUT2D eigenvalue weighted by Crippen LogP contribution is -2.55. The molecule has 2 atom stereocenters. The highest BCUT2D eigenvalue weighted by molar-refractivity contribution is 9.10. The number of carbonyl (C=O) groups is 1. The number of piperazine rings is 1. The lowest BCUT2D eigenvalue weighted by molar-refractivity contribution is 0.0673. The van der Waals surface area contributed by atoms with E-state index in [1.165, 1.54) is 18.2 Å². The van der Waals surface area contributed by atoms with Crippen LogP contribution in [0.25, 0.3) is 0 Å². The maximum Gasteiger partial charge on any atom is 0.254 e. The minimum absolute atomic E-state index is 0.0455. The Morgan fingerprint density at radius 2 is 2.00 bits per heavy atom. The van der Waals surface area contributed by atoms with Crippen LogP contribution in [0.2, 0.25) is 0 Å². The zero-order valence-electron chi connectivity index (χ0n) is 10.4. The van der Waals surface area contributed by atoms with Crippen molar-refractivity contribution in [1.29, 1.82) is 0 Å². The molecule has 1 aliphatic heterocycles. The second-order valence-corrected chi connectivity index (χ2v) is 5.66. The Hall–Kier alpha value is -0.940. The molecule has 1 aromatic carbocycles. The number of nitrogens with zero attached hydrogens (tertiary/aromatic N) is 1. The summed E-state index contributed by atoms with van der Waals surface area (Å²) in [6, 6.07) is 4.93. The van der Waals surface area contributed by atoms with Gasteiger partial charge in [0.25, 0.3) is 5.91 Å². The van der Waals surface area contributed by atoms with E-state index in [4.69, 9.17) is 0 Å². The number of hydrogen-bond acceptors (Lipinski definition) is 2. The van der Waals surface area contributed by atoms with Crippen LogP contribution < -0.4 is 5.32 Å². The predicted octanol–water partition coefficient (Wildman–Crippen LogP) is 2.41. The van der Waals surface area contributed by atoms with Gasteiger partial charge in [0.15, 0.2) is 0 Å². The van der Waals surface area contributed by atoms with Gasteiger partial charge in [-0.25, -0.2) is 4.39 Å². The number of halogens is 2. The fourth-order valence-electron chi connectivity index (χ4n) is 2.30. The first-order valence-corrected chi connectivity index (χ1v) is 6.77. The van der Waals surface area contributed by atoms with Crippen molar-refractivity contribution >= 4 is 21.8 Å². The summed E-state index contributed by atoms with van der Waals surface area (Å²) in [5, 5.41) is 3.37. The first-order valence-electron chi connectivity index (χ1n) is 5.97. The van der Waals surface area contributed by atoms with E-state index in [1.54, 1.807) is 0 Å². The average Bonchev–Trinajstić information content (AvgIpc) is 2.30. The second-order valence-electron chi connectivity index (χ2n) is 4.81. The maximum atomic E-state index is 13.1. The van der Waals surface area contributed by atoms with Crippen LogP contribution in [-0.2, 0) is 0 Å². The molecule has 2 rings (SSSR count). The third kappa shape index (κ3) is 2.90. The lowest BCUT2D eigenvalue weighted by Gasteiger charge is -2.36. The highest BCUT2D eigenvalue weighted by Gasteiger charge is 2.25. The molecule has 5 heteroatoms. The molecule has 0 aliphatic carbocycles. The third-order valence-electron chi connectivity index (χ3n) is 3.01. The molecule has 3 nitrogen and oxygen atoms in total. The summed E-state index contributed by atoms with van der Waals surface area (Å²) >= 11 is 3.10. The number of hydrogen-bond donors (Lipinski definition) is 1. The van der Waals surface area contributed by atoms with Gasteiger partial charge in [-0.1, -0.05) is 0 Å². The van der Waals surface area contributed by atoms with Crippen molar-refractivity contribution in [2.45, 2.75) is 25.9 Å². The SMILES string of the molecule is CC1CN(C(=O)c2ccc(F)c(Br)c2)CC(C)N1. The van der Waals surface area contributed by atoms with Gasteiger partial charge in [0.05, 0.1) is 4.47 Å². The van der Waals surface area contributed by atoms with Gasteiger partial charge in [-0.05, 0) is 48.0 Å². The monoisotopic (exact) mass is 314 g/mol. The standard InChI is InChI=1S/C13H16BrFN2O/c1-8-6-17(7-9(2)16-8)13(18)10-3-4-12(15)11(14)5-10/h3-5,8-9,16H,6-7H2,1-2H3. The fraction of sp³-hybridized carbons (Fsp3) is 0.462. The zero-order valence-corrected chi connectivity index (χ0v) is 12.0. The largest absolute Gasteiger partial charge is 0.336 e. The van der Waals surface area contributed by atoms with E-state index < -0.39 is 0 Å². The van der Waals surface area contributed by atoms with Gasteiger partial charge in [-0.3, -0.25) is 4.79 Å². The van der Waals surface area contributed by atoms with E-state index in [-0.39, 0.29) is 23.8 Å². The molecule has 0 bridgehead atoms. The van der Waals surface area contributed by atoms with Crippen LogP contribution in [0.5, 0.6) is 0 Å². The van der Waals surface area contributed by atoms with E-state index in [2.05, 4.69) is 35.1 Å². The smallest absolute Gasteiger partial charge is 0.254 e. The highest BCUT2D eigenvalue weighted by atomic mass is 79.9. The molecule has 1 amide bonds. The predicted molar refractivity (Wildman–Crippen MR) is 72.1 cm³/mol. The van der Waals surface area contributed by atoms with E-state index in [0.29, 0.717) is 23.1 Å². The van der Waals surface area contributed by atoms with Gasteiger partial charge in [0, 0.05) is 30.7 Å². The minimum Gasteiger partial charge on any atom is -0.336 e. The molecule has 1 heterocycles. The number of nitrogens with one attached hydrogen (secondary N) is 1. The quantitative estimate of drug-likeness (QED) is 0.863. The Morgan fingerprint density at radius 1 is 1.39 bits per heavy atom. The third-order valence-corrected chi connectivity index (χ3v) is 3.62. The van der Waals surface area contributed by atoms with Gasteiger partial charge in [-0.15, -0.1) is 0 Å². The van der Waals surface area contributed by atoms with Crippen LogP contribution in [0.1, 0.15) is 24.2 Å². The molecule has 0 aromatic heterocycles. The Balaban J connectivity index is 2.17. The molecule has 1 saturated heterocycles. The summed E-state index contributed by atoms with van der Waals surface area (Å²) in [7, 11) is 0. The summed E-state index contributed by atoms with van der Waals surface area (Å²) in [4.78, 5) is 14.1. The van der Waals surface area contributed by atoms with Crippen LogP contribution in [0, 0.1) is 5.82 Å². The molecular formula is C13H16BrFN2O. The van der Waals surface area contributed by atoms with Gasteiger partial charge in [-0.2, -0.15) is 0 Å². The Bertz CT molecular complexity index is 456. The van der Waals surface area contributed by atoms with Crippen molar-refractivity contribution in [3.05, 3.63) is 34.1 Å². The molecule has 98 valence electrons. The normalized spacial score (nSPS) is 24.1. The second kappa shape index (κ2) is 5.36. The Morgan fingerprint density at radius 3 is 2.56 bits per heavy atom. The zero-order chi connectivity index (χ0) is 13.3. The van der Waals surface area contributed by atoms with Crippen molar-refractivity contribution < 1.29 is 9.18 Å². The van der Waals surface area contributed by atoms with Crippen LogP contribution in [0.4, 0.5) is 4.39 Å². The number of amides is 1. The van der Waals surface area contributed by atoms with Crippen molar-refractivity contribution in [2.24, 2.45) is 0 Å². The summed E-state index contributed by atoms with van der Waals surface area (Å²) < 4.78 is 13.5. The van der Waals surface area contributed by atoms with E-state index in [0.717, 1.165) is 0 Å². The first-order chi connectivity index (χ1) is 8.47. The molecule has 2 unspecified atom stereocenters. The van der Waals surface area contributed by atoms with E-state index in [9.17, 15) is 9.18 Å². The topological polar surface area (TPSA) is 32.3 Å². The molecule has 0 saturated carbocycles. The Kier molecular flexibility index (Phi) is 4.02. The molecule has 1 aliphatic rings. The molecule has 18 heavy (non-hydrogen) atoms. The molecule has 0 spiro atoms. The van der Waals surface area contributed by atoms with Gasteiger partial charge >= 0.3 is 0 Å². The minimum atomic E-state index is -0.353. The maximum absolute atomic E-state index is 13.1. The van der Waals surface area contributed by atoms with Gasteiger partial charge < -0.3 is 10.2 Å². The molecule has 1 aromatic rings. The number of benzene rings is 1. The summed E-state index contributed by atoms with van der Waals surface area (Å²) in [6.45, 7) is 5.46. The number of carbonyl (C=O) groups excluding carboxylic acids is 1. The summed E-state index contributed by atoms with van der Waals surface area (Å²) in [6.07, 6.45) is 0. The van der Waals surface area contributed by atoms with Crippen molar-refractivity contribution in [3.63, 3.8) is 0 Å². The molecule has 1 N–H and O–H groups in total. The molecule has 0 radical (unpaired) electrons. The van der Waals surface area contributed by atoms with E-state index in [1.807, 2.05) is 4.90 Å².